The SMILES string of the molecule is Cc1cccc(CCNC(=O)c2ccccc2Br)c1. The molecule has 0 aliphatic heterocycles. The molecular weight excluding hydrogens is 302 g/mol. The summed E-state index contributed by atoms with van der Waals surface area (Å²) in [5.74, 6) is -0.0415. The van der Waals surface area contributed by atoms with Crippen LogP contribution in [-0.2, 0) is 6.42 Å². The van der Waals surface area contributed by atoms with Crippen molar-refractivity contribution in [3.63, 3.8) is 0 Å². The number of amides is 1. The first kappa shape index (κ1) is 13.8. The molecule has 0 heterocycles. The molecule has 19 heavy (non-hydrogen) atoms. The third kappa shape index (κ3) is 3.93. The maximum absolute atomic E-state index is 12.0. The van der Waals surface area contributed by atoms with Crippen molar-refractivity contribution in [2.45, 2.75) is 13.3 Å². The number of halogens is 1. The van der Waals surface area contributed by atoms with Gasteiger partial charge in [0.2, 0.25) is 0 Å². The standard InChI is InChI=1S/C16H16BrNO/c1-12-5-4-6-13(11-12)9-10-18-16(19)14-7-2-3-8-15(14)17/h2-8,11H,9-10H2,1H3,(H,18,19). The predicted molar refractivity (Wildman–Crippen MR) is 81.4 cm³/mol. The molecule has 0 atom stereocenters. The lowest BCUT2D eigenvalue weighted by Gasteiger charge is -2.07. The number of aryl methyl sites for hydroxylation is 1. The Bertz CT molecular complexity index is 580. The highest BCUT2D eigenvalue weighted by molar-refractivity contribution is 9.10. The van der Waals surface area contributed by atoms with Gasteiger partial charge in [0, 0.05) is 11.0 Å². The first-order valence-electron chi connectivity index (χ1n) is 6.25. The second-order valence-corrected chi connectivity index (χ2v) is 5.33. The van der Waals surface area contributed by atoms with Crippen LogP contribution < -0.4 is 5.32 Å². The minimum absolute atomic E-state index is 0.0415. The molecule has 1 N–H and O–H groups in total. The van der Waals surface area contributed by atoms with Crippen molar-refractivity contribution < 1.29 is 4.79 Å². The Morgan fingerprint density at radius 1 is 1.16 bits per heavy atom. The maximum atomic E-state index is 12.0. The second kappa shape index (κ2) is 6.53. The number of carbonyl (C=O) groups excluding carboxylic acids is 1. The molecule has 3 heteroatoms. The zero-order valence-electron chi connectivity index (χ0n) is 10.8. The Morgan fingerprint density at radius 2 is 1.95 bits per heavy atom. The average Bonchev–Trinajstić information content (AvgIpc) is 2.39. The third-order valence-electron chi connectivity index (χ3n) is 2.90. The molecule has 98 valence electrons. The smallest absolute Gasteiger partial charge is 0.252 e. The second-order valence-electron chi connectivity index (χ2n) is 4.47. The number of nitrogens with one attached hydrogen (secondary N) is 1. The van der Waals surface area contributed by atoms with E-state index in [0.29, 0.717) is 12.1 Å². The fraction of sp³-hybridized carbons (Fsp3) is 0.188. The van der Waals surface area contributed by atoms with Gasteiger partial charge < -0.3 is 5.32 Å². The molecule has 0 fully saturated rings. The monoisotopic (exact) mass is 317 g/mol. The van der Waals surface area contributed by atoms with Gasteiger partial charge in [0.05, 0.1) is 5.56 Å². The Hall–Kier alpha value is -1.61. The summed E-state index contributed by atoms with van der Waals surface area (Å²) < 4.78 is 0.822. The number of benzene rings is 2. The number of carbonyl (C=O) groups is 1. The van der Waals surface area contributed by atoms with Crippen LogP contribution in [0.25, 0.3) is 0 Å². The molecule has 0 bridgehead atoms. The largest absolute Gasteiger partial charge is 0.352 e. The summed E-state index contributed by atoms with van der Waals surface area (Å²) in [5.41, 5.74) is 3.16. The molecule has 0 unspecified atom stereocenters. The average molecular weight is 318 g/mol. The van der Waals surface area contributed by atoms with Crippen LogP contribution in [0.1, 0.15) is 21.5 Å². The summed E-state index contributed by atoms with van der Waals surface area (Å²) in [6, 6.07) is 15.8. The first-order chi connectivity index (χ1) is 9.16. The lowest BCUT2D eigenvalue weighted by molar-refractivity contribution is 0.0953. The molecule has 0 aliphatic rings. The van der Waals surface area contributed by atoms with Crippen LogP contribution >= 0.6 is 15.9 Å². The van der Waals surface area contributed by atoms with E-state index in [4.69, 9.17) is 0 Å². The molecule has 0 spiro atoms. The Balaban J connectivity index is 1.90. The van der Waals surface area contributed by atoms with E-state index < -0.39 is 0 Å². The van der Waals surface area contributed by atoms with Gasteiger partial charge in [0.1, 0.15) is 0 Å². The van der Waals surface area contributed by atoms with Crippen LogP contribution in [0.2, 0.25) is 0 Å². The molecule has 2 aromatic rings. The van der Waals surface area contributed by atoms with Crippen molar-refractivity contribution in [1.82, 2.24) is 5.32 Å². The highest BCUT2D eigenvalue weighted by atomic mass is 79.9. The van der Waals surface area contributed by atoms with Crippen molar-refractivity contribution >= 4 is 21.8 Å². The first-order valence-corrected chi connectivity index (χ1v) is 7.04. The topological polar surface area (TPSA) is 29.1 Å². The number of hydrogen-bond donors (Lipinski definition) is 1. The molecule has 2 aromatic carbocycles. The molecule has 0 saturated carbocycles. The summed E-state index contributed by atoms with van der Waals surface area (Å²) in [4.78, 5) is 12.0. The zero-order valence-corrected chi connectivity index (χ0v) is 12.4. The lowest BCUT2D eigenvalue weighted by atomic mass is 10.1. The summed E-state index contributed by atoms with van der Waals surface area (Å²) in [6.07, 6.45) is 0.845. The molecule has 2 rings (SSSR count). The molecule has 1 amide bonds. The number of hydrogen-bond acceptors (Lipinski definition) is 1. The van der Waals surface area contributed by atoms with Gasteiger partial charge in [-0.1, -0.05) is 42.0 Å². The van der Waals surface area contributed by atoms with Crippen molar-refractivity contribution in [3.8, 4) is 0 Å². The maximum Gasteiger partial charge on any atom is 0.252 e. The molecule has 0 aromatic heterocycles. The van der Waals surface area contributed by atoms with Crippen molar-refractivity contribution in [2.75, 3.05) is 6.54 Å². The van der Waals surface area contributed by atoms with Crippen LogP contribution in [0.15, 0.2) is 53.0 Å². The highest BCUT2D eigenvalue weighted by Gasteiger charge is 2.07. The summed E-state index contributed by atoms with van der Waals surface area (Å²) in [5, 5.41) is 2.94. The van der Waals surface area contributed by atoms with E-state index in [1.54, 1.807) is 0 Å². The number of rotatable bonds is 4. The molecular formula is C16H16BrNO. The quantitative estimate of drug-likeness (QED) is 0.914. The van der Waals surface area contributed by atoms with Crippen LogP contribution in [0, 0.1) is 6.92 Å². The predicted octanol–water partition coefficient (Wildman–Crippen LogP) is 3.73. The minimum atomic E-state index is -0.0415. The van der Waals surface area contributed by atoms with Crippen molar-refractivity contribution in [3.05, 3.63) is 69.7 Å². The zero-order chi connectivity index (χ0) is 13.7. The van der Waals surface area contributed by atoms with E-state index >= 15 is 0 Å². The van der Waals surface area contributed by atoms with Gasteiger partial charge in [-0.2, -0.15) is 0 Å². The third-order valence-corrected chi connectivity index (χ3v) is 3.59. The molecule has 2 nitrogen and oxygen atoms in total. The summed E-state index contributed by atoms with van der Waals surface area (Å²) in [7, 11) is 0. The van der Waals surface area contributed by atoms with E-state index in [1.807, 2.05) is 30.3 Å². The van der Waals surface area contributed by atoms with Gasteiger partial charge in [-0.25, -0.2) is 0 Å². The van der Waals surface area contributed by atoms with Crippen molar-refractivity contribution in [1.29, 1.82) is 0 Å². The van der Waals surface area contributed by atoms with Gasteiger partial charge in [-0.05, 0) is 47.0 Å². The Kier molecular flexibility index (Phi) is 4.74. The van der Waals surface area contributed by atoms with Crippen LogP contribution in [-0.4, -0.2) is 12.5 Å². The van der Waals surface area contributed by atoms with Gasteiger partial charge in [0.25, 0.3) is 5.91 Å². The van der Waals surface area contributed by atoms with Gasteiger partial charge in [0.15, 0.2) is 0 Å². The normalized spacial score (nSPS) is 10.2. The summed E-state index contributed by atoms with van der Waals surface area (Å²) in [6.45, 7) is 2.72. The molecule has 0 aliphatic carbocycles. The van der Waals surface area contributed by atoms with Crippen molar-refractivity contribution in [2.24, 2.45) is 0 Å². The summed E-state index contributed by atoms with van der Waals surface area (Å²) >= 11 is 3.38. The van der Waals surface area contributed by atoms with Crippen LogP contribution in [0.4, 0.5) is 0 Å². The highest BCUT2D eigenvalue weighted by Crippen LogP contribution is 2.15. The minimum Gasteiger partial charge on any atom is -0.352 e. The van der Waals surface area contributed by atoms with E-state index in [-0.39, 0.29) is 5.91 Å². The van der Waals surface area contributed by atoms with Crippen LogP contribution in [0.5, 0.6) is 0 Å². The van der Waals surface area contributed by atoms with E-state index in [0.717, 1.165) is 10.9 Å². The van der Waals surface area contributed by atoms with E-state index in [1.165, 1.54) is 11.1 Å². The molecule has 0 radical (unpaired) electrons. The molecule has 0 saturated heterocycles. The lowest BCUT2D eigenvalue weighted by Crippen LogP contribution is -2.25. The Morgan fingerprint density at radius 3 is 2.68 bits per heavy atom. The van der Waals surface area contributed by atoms with E-state index in [9.17, 15) is 4.79 Å². The van der Waals surface area contributed by atoms with Gasteiger partial charge in [-0.15, -0.1) is 0 Å². The fourth-order valence-electron chi connectivity index (χ4n) is 1.93. The van der Waals surface area contributed by atoms with Gasteiger partial charge in [-0.3, -0.25) is 4.79 Å². The fourth-order valence-corrected chi connectivity index (χ4v) is 2.39. The van der Waals surface area contributed by atoms with Crippen LogP contribution in [0.3, 0.4) is 0 Å². The van der Waals surface area contributed by atoms with E-state index in [2.05, 4.69) is 46.4 Å². The Labute approximate surface area is 122 Å². The van der Waals surface area contributed by atoms with Gasteiger partial charge >= 0.3 is 0 Å².